The Kier molecular flexibility index (Phi) is 7.15. The Labute approximate surface area is 237 Å². The number of rotatable bonds is 7. The summed E-state index contributed by atoms with van der Waals surface area (Å²) in [5, 5.41) is 0. The summed E-state index contributed by atoms with van der Waals surface area (Å²) in [6.45, 7) is 4.24. The minimum absolute atomic E-state index is 1.11. The Morgan fingerprint density at radius 3 is 0.900 bits per heavy atom. The van der Waals surface area contributed by atoms with Gasteiger partial charge in [-0.25, -0.2) is 0 Å². The van der Waals surface area contributed by atoms with Crippen molar-refractivity contribution in [2.75, 3.05) is 9.80 Å². The quantitative estimate of drug-likeness (QED) is 0.208. The van der Waals surface area contributed by atoms with Crippen molar-refractivity contribution < 1.29 is 0 Å². The van der Waals surface area contributed by atoms with Gasteiger partial charge in [-0.05, 0) is 97.8 Å². The fraction of sp³-hybridized carbons (Fsp3) is 0.0526. The Bertz CT molecular complexity index is 1660. The van der Waals surface area contributed by atoms with Crippen molar-refractivity contribution in [2.45, 2.75) is 13.8 Å². The Hall–Kier alpha value is -5.08. The van der Waals surface area contributed by atoms with E-state index in [4.69, 9.17) is 0 Å². The number of anilines is 6. The second-order valence-electron chi connectivity index (χ2n) is 10.1. The summed E-state index contributed by atoms with van der Waals surface area (Å²) in [4.78, 5) is 4.61. The van der Waals surface area contributed by atoms with E-state index >= 15 is 0 Å². The van der Waals surface area contributed by atoms with Gasteiger partial charge in [-0.15, -0.1) is 0 Å². The summed E-state index contributed by atoms with van der Waals surface area (Å²) in [6, 6.07) is 56.1. The molecular formula is C38H32N2. The van der Waals surface area contributed by atoms with Crippen LogP contribution < -0.4 is 9.80 Å². The molecule has 0 heterocycles. The highest BCUT2D eigenvalue weighted by atomic mass is 15.2. The van der Waals surface area contributed by atoms with Gasteiger partial charge in [0.1, 0.15) is 0 Å². The van der Waals surface area contributed by atoms with Gasteiger partial charge in [-0.2, -0.15) is 0 Å². The molecular weight excluding hydrogens is 484 g/mol. The van der Waals surface area contributed by atoms with Crippen LogP contribution in [0.3, 0.4) is 0 Å². The first kappa shape index (κ1) is 25.2. The van der Waals surface area contributed by atoms with E-state index in [0.29, 0.717) is 0 Å². The first-order valence-electron chi connectivity index (χ1n) is 13.7. The van der Waals surface area contributed by atoms with Crippen LogP contribution in [0.2, 0.25) is 0 Å². The average molecular weight is 517 g/mol. The van der Waals surface area contributed by atoms with Crippen LogP contribution in [0.25, 0.3) is 11.1 Å². The van der Waals surface area contributed by atoms with E-state index < -0.39 is 0 Å². The smallest absolute Gasteiger partial charge is 0.0463 e. The van der Waals surface area contributed by atoms with Crippen molar-refractivity contribution >= 4 is 34.1 Å². The fourth-order valence-corrected chi connectivity index (χ4v) is 5.04. The minimum Gasteiger partial charge on any atom is -0.311 e. The molecule has 0 aliphatic carbocycles. The van der Waals surface area contributed by atoms with Crippen LogP contribution in [-0.2, 0) is 0 Å². The lowest BCUT2D eigenvalue weighted by molar-refractivity contribution is 1.25. The standard InChI is InChI=1S/C38H32N2/c1-29-13-17-31(18-14-29)32-19-23-36(24-20-32)40(34-11-7-4-8-12-34)38-27-25-37(26-28-38)39(33-9-5-3-6-10-33)35-21-15-30(2)16-22-35/h3-28H,1-2H3. The lowest BCUT2D eigenvalue weighted by Gasteiger charge is -2.28. The first-order chi connectivity index (χ1) is 19.7. The third-order valence-electron chi connectivity index (χ3n) is 7.20. The van der Waals surface area contributed by atoms with Gasteiger partial charge in [0.2, 0.25) is 0 Å². The van der Waals surface area contributed by atoms with Crippen molar-refractivity contribution in [3.05, 3.63) is 169 Å². The van der Waals surface area contributed by atoms with Gasteiger partial charge in [0, 0.05) is 34.1 Å². The molecule has 0 spiro atoms. The zero-order valence-electron chi connectivity index (χ0n) is 22.9. The van der Waals surface area contributed by atoms with E-state index in [-0.39, 0.29) is 0 Å². The second-order valence-corrected chi connectivity index (χ2v) is 10.1. The molecule has 6 aromatic rings. The highest BCUT2D eigenvalue weighted by molar-refractivity contribution is 5.81. The van der Waals surface area contributed by atoms with Gasteiger partial charge in [-0.1, -0.05) is 96.1 Å². The molecule has 2 nitrogen and oxygen atoms in total. The molecule has 194 valence electrons. The molecule has 0 radical (unpaired) electrons. The summed E-state index contributed by atoms with van der Waals surface area (Å²) >= 11 is 0. The topological polar surface area (TPSA) is 6.48 Å². The Morgan fingerprint density at radius 1 is 0.275 bits per heavy atom. The Balaban J connectivity index is 1.38. The lowest BCUT2D eigenvalue weighted by Crippen LogP contribution is -2.12. The predicted molar refractivity (Wildman–Crippen MR) is 171 cm³/mol. The number of aryl methyl sites for hydroxylation is 2. The molecule has 0 unspecified atom stereocenters. The van der Waals surface area contributed by atoms with Gasteiger partial charge >= 0.3 is 0 Å². The van der Waals surface area contributed by atoms with Crippen molar-refractivity contribution in [3.63, 3.8) is 0 Å². The zero-order chi connectivity index (χ0) is 27.3. The summed E-state index contributed by atoms with van der Waals surface area (Å²) in [5.41, 5.74) is 11.7. The summed E-state index contributed by atoms with van der Waals surface area (Å²) in [6.07, 6.45) is 0. The van der Waals surface area contributed by atoms with Crippen molar-refractivity contribution in [3.8, 4) is 11.1 Å². The number of benzene rings is 6. The summed E-state index contributed by atoms with van der Waals surface area (Å²) in [7, 11) is 0. The van der Waals surface area contributed by atoms with E-state index in [1.807, 2.05) is 0 Å². The first-order valence-corrected chi connectivity index (χ1v) is 13.7. The van der Waals surface area contributed by atoms with Crippen LogP contribution in [0.15, 0.2) is 158 Å². The molecule has 0 amide bonds. The van der Waals surface area contributed by atoms with Crippen LogP contribution in [0.1, 0.15) is 11.1 Å². The van der Waals surface area contributed by atoms with Crippen LogP contribution in [0.4, 0.5) is 34.1 Å². The highest BCUT2D eigenvalue weighted by Gasteiger charge is 2.16. The monoisotopic (exact) mass is 516 g/mol. The van der Waals surface area contributed by atoms with Crippen LogP contribution >= 0.6 is 0 Å². The molecule has 2 heteroatoms. The van der Waals surface area contributed by atoms with E-state index in [9.17, 15) is 0 Å². The molecule has 40 heavy (non-hydrogen) atoms. The van der Waals surface area contributed by atoms with Crippen LogP contribution in [-0.4, -0.2) is 0 Å². The van der Waals surface area contributed by atoms with Gasteiger partial charge in [-0.3, -0.25) is 0 Å². The second kappa shape index (κ2) is 11.3. The summed E-state index contributed by atoms with van der Waals surface area (Å²) < 4.78 is 0. The van der Waals surface area contributed by atoms with Crippen molar-refractivity contribution in [1.29, 1.82) is 0 Å². The van der Waals surface area contributed by atoms with E-state index in [2.05, 4.69) is 181 Å². The molecule has 0 saturated heterocycles. The minimum atomic E-state index is 1.11. The predicted octanol–water partition coefficient (Wildman–Crippen LogP) is 10.9. The van der Waals surface area contributed by atoms with Crippen molar-refractivity contribution in [2.24, 2.45) is 0 Å². The molecule has 0 aliphatic rings. The molecule has 6 aromatic carbocycles. The molecule has 0 fully saturated rings. The zero-order valence-corrected chi connectivity index (χ0v) is 22.9. The maximum atomic E-state index is 2.31. The maximum absolute atomic E-state index is 2.31. The molecule has 0 N–H and O–H groups in total. The lowest BCUT2D eigenvalue weighted by atomic mass is 10.0. The molecule has 0 atom stereocenters. The SMILES string of the molecule is Cc1ccc(-c2ccc(N(c3ccccc3)c3ccc(N(c4ccccc4)c4ccc(C)cc4)cc3)cc2)cc1. The van der Waals surface area contributed by atoms with Crippen LogP contribution in [0, 0.1) is 13.8 Å². The number of nitrogens with zero attached hydrogens (tertiary/aromatic N) is 2. The number of hydrogen-bond acceptors (Lipinski definition) is 2. The van der Waals surface area contributed by atoms with E-state index in [1.165, 1.54) is 22.3 Å². The van der Waals surface area contributed by atoms with Gasteiger partial charge in [0.15, 0.2) is 0 Å². The highest BCUT2D eigenvalue weighted by Crippen LogP contribution is 2.39. The molecule has 6 rings (SSSR count). The molecule has 0 aliphatic heterocycles. The summed E-state index contributed by atoms with van der Waals surface area (Å²) in [5.74, 6) is 0. The molecule has 0 saturated carbocycles. The van der Waals surface area contributed by atoms with Gasteiger partial charge in [0.25, 0.3) is 0 Å². The third kappa shape index (κ3) is 5.39. The van der Waals surface area contributed by atoms with Crippen LogP contribution in [0.5, 0.6) is 0 Å². The largest absolute Gasteiger partial charge is 0.311 e. The molecule has 0 bridgehead atoms. The van der Waals surface area contributed by atoms with E-state index in [0.717, 1.165) is 34.1 Å². The Morgan fingerprint density at radius 2 is 0.525 bits per heavy atom. The number of para-hydroxylation sites is 2. The third-order valence-corrected chi connectivity index (χ3v) is 7.20. The van der Waals surface area contributed by atoms with Gasteiger partial charge in [0.05, 0.1) is 0 Å². The fourth-order valence-electron chi connectivity index (χ4n) is 5.04. The normalized spacial score (nSPS) is 10.8. The maximum Gasteiger partial charge on any atom is 0.0463 e. The molecule has 0 aromatic heterocycles. The van der Waals surface area contributed by atoms with E-state index in [1.54, 1.807) is 0 Å². The van der Waals surface area contributed by atoms with Crippen molar-refractivity contribution in [1.82, 2.24) is 0 Å². The number of hydrogen-bond donors (Lipinski definition) is 0. The van der Waals surface area contributed by atoms with Gasteiger partial charge < -0.3 is 9.80 Å². The average Bonchev–Trinajstić information content (AvgIpc) is 3.01.